The smallest absolute Gasteiger partial charge is 0.188 e. The minimum atomic E-state index is 0.602. The van der Waals surface area contributed by atoms with E-state index in [-0.39, 0.29) is 0 Å². The largest absolute Gasteiger partial charge is 0.370 e. The summed E-state index contributed by atoms with van der Waals surface area (Å²) in [5, 5.41) is 3.10. The Morgan fingerprint density at radius 2 is 2.31 bits per heavy atom. The first-order chi connectivity index (χ1) is 7.63. The highest BCUT2D eigenvalue weighted by atomic mass is 15.2. The first-order valence-electron chi connectivity index (χ1n) is 6.41. The summed E-state index contributed by atoms with van der Waals surface area (Å²) in [7, 11) is 0. The lowest BCUT2D eigenvalue weighted by atomic mass is 10.1. The van der Waals surface area contributed by atoms with Gasteiger partial charge in [-0.1, -0.05) is 6.92 Å². The van der Waals surface area contributed by atoms with E-state index in [2.05, 4.69) is 36.0 Å². The molecule has 0 amide bonds. The monoisotopic (exact) mass is 226 g/mol. The molecule has 0 aromatic rings. The Balaban J connectivity index is 2.23. The molecule has 0 saturated carbocycles. The van der Waals surface area contributed by atoms with Gasteiger partial charge >= 0.3 is 0 Å². The molecular weight excluding hydrogens is 200 g/mol. The Hall–Kier alpha value is -0.770. The molecule has 0 bridgehead atoms. The van der Waals surface area contributed by atoms with Crippen LogP contribution in [0.25, 0.3) is 0 Å². The summed E-state index contributed by atoms with van der Waals surface area (Å²) in [6.45, 7) is 10.8. The average Bonchev–Trinajstić information content (AvgIpc) is 2.72. The molecule has 16 heavy (non-hydrogen) atoms. The van der Waals surface area contributed by atoms with Crippen molar-refractivity contribution < 1.29 is 0 Å². The Morgan fingerprint density at radius 1 is 1.56 bits per heavy atom. The lowest BCUT2D eigenvalue weighted by molar-refractivity contribution is 0.266. The molecule has 94 valence electrons. The van der Waals surface area contributed by atoms with Gasteiger partial charge in [0.05, 0.1) is 0 Å². The van der Waals surface area contributed by atoms with Crippen molar-refractivity contribution in [1.29, 1.82) is 0 Å². The zero-order chi connectivity index (χ0) is 12.0. The minimum absolute atomic E-state index is 0.602. The molecule has 1 aliphatic rings. The number of nitrogens with two attached hydrogens (primary N) is 1. The summed E-state index contributed by atoms with van der Waals surface area (Å²) in [6.07, 6.45) is 2.34. The second-order valence-corrected chi connectivity index (χ2v) is 4.90. The normalized spacial score (nSPS) is 23.0. The average molecular weight is 226 g/mol. The molecule has 1 atom stereocenters. The zero-order valence-electron chi connectivity index (χ0n) is 10.9. The molecule has 0 aliphatic carbocycles. The number of nitrogens with zero attached hydrogens (tertiary/aromatic N) is 2. The zero-order valence-corrected chi connectivity index (χ0v) is 10.9. The van der Waals surface area contributed by atoms with Gasteiger partial charge in [0.2, 0.25) is 0 Å². The van der Waals surface area contributed by atoms with Crippen LogP contribution >= 0.6 is 0 Å². The van der Waals surface area contributed by atoms with Gasteiger partial charge < -0.3 is 16.0 Å². The molecule has 0 radical (unpaired) electrons. The molecule has 0 spiro atoms. The van der Waals surface area contributed by atoms with Gasteiger partial charge in [0.15, 0.2) is 5.96 Å². The van der Waals surface area contributed by atoms with Gasteiger partial charge in [-0.2, -0.15) is 0 Å². The van der Waals surface area contributed by atoms with Crippen LogP contribution in [0.3, 0.4) is 0 Å². The minimum Gasteiger partial charge on any atom is -0.370 e. The van der Waals surface area contributed by atoms with E-state index < -0.39 is 0 Å². The SMILES string of the molecule is CCCNC(N)=NCC1CCN(C(C)C)C1. The van der Waals surface area contributed by atoms with E-state index in [0.717, 1.165) is 19.5 Å². The van der Waals surface area contributed by atoms with Crippen LogP contribution in [0.1, 0.15) is 33.6 Å². The summed E-state index contributed by atoms with van der Waals surface area (Å²) >= 11 is 0. The maximum atomic E-state index is 5.76. The van der Waals surface area contributed by atoms with Crippen molar-refractivity contribution in [1.82, 2.24) is 10.2 Å². The second-order valence-electron chi connectivity index (χ2n) is 4.90. The number of hydrogen-bond donors (Lipinski definition) is 2. The highest BCUT2D eigenvalue weighted by Crippen LogP contribution is 2.18. The van der Waals surface area contributed by atoms with E-state index in [1.54, 1.807) is 0 Å². The lowest BCUT2D eigenvalue weighted by Crippen LogP contribution is -2.33. The van der Waals surface area contributed by atoms with Gasteiger partial charge in [0.25, 0.3) is 0 Å². The summed E-state index contributed by atoms with van der Waals surface area (Å²) in [5.74, 6) is 1.29. The summed E-state index contributed by atoms with van der Waals surface area (Å²) in [5.41, 5.74) is 5.76. The maximum Gasteiger partial charge on any atom is 0.188 e. The number of guanidine groups is 1. The van der Waals surface area contributed by atoms with Crippen LogP contribution in [0.2, 0.25) is 0 Å². The molecule has 3 N–H and O–H groups in total. The predicted molar refractivity (Wildman–Crippen MR) is 69.6 cm³/mol. The fourth-order valence-electron chi connectivity index (χ4n) is 2.02. The first-order valence-corrected chi connectivity index (χ1v) is 6.41. The molecule has 1 unspecified atom stereocenters. The summed E-state index contributed by atoms with van der Waals surface area (Å²) < 4.78 is 0. The van der Waals surface area contributed by atoms with Crippen molar-refractivity contribution in [2.75, 3.05) is 26.2 Å². The molecule has 0 aromatic heterocycles. The van der Waals surface area contributed by atoms with Gasteiger partial charge in [0.1, 0.15) is 0 Å². The van der Waals surface area contributed by atoms with Crippen LogP contribution in [0, 0.1) is 5.92 Å². The van der Waals surface area contributed by atoms with Crippen molar-refractivity contribution in [3.63, 3.8) is 0 Å². The second kappa shape index (κ2) is 6.74. The third kappa shape index (κ3) is 4.39. The molecule has 1 saturated heterocycles. The van der Waals surface area contributed by atoms with Gasteiger partial charge in [0, 0.05) is 25.7 Å². The van der Waals surface area contributed by atoms with Crippen LogP contribution in [0.4, 0.5) is 0 Å². The van der Waals surface area contributed by atoms with Gasteiger partial charge in [-0.3, -0.25) is 4.99 Å². The highest BCUT2D eigenvalue weighted by molar-refractivity contribution is 5.77. The third-order valence-electron chi connectivity index (χ3n) is 3.12. The Bertz CT molecular complexity index is 225. The van der Waals surface area contributed by atoms with Crippen LogP contribution in [0.15, 0.2) is 4.99 Å². The summed E-state index contributed by atoms with van der Waals surface area (Å²) in [4.78, 5) is 6.90. The Labute approximate surface area is 99.3 Å². The van der Waals surface area contributed by atoms with E-state index in [1.807, 2.05) is 0 Å². The predicted octanol–water partition coefficient (Wildman–Crippen LogP) is 1.03. The maximum absolute atomic E-state index is 5.76. The van der Waals surface area contributed by atoms with Gasteiger partial charge in [-0.25, -0.2) is 0 Å². The number of rotatable bonds is 5. The molecule has 4 heteroatoms. The van der Waals surface area contributed by atoms with E-state index in [1.165, 1.54) is 19.5 Å². The van der Waals surface area contributed by atoms with E-state index in [0.29, 0.717) is 17.9 Å². The van der Waals surface area contributed by atoms with Crippen molar-refractivity contribution in [2.24, 2.45) is 16.6 Å². The first kappa shape index (κ1) is 13.3. The number of aliphatic imine (C=N–C) groups is 1. The molecule has 1 heterocycles. The molecule has 1 rings (SSSR count). The van der Waals surface area contributed by atoms with Gasteiger partial charge in [-0.05, 0) is 39.2 Å². The van der Waals surface area contributed by atoms with Crippen molar-refractivity contribution in [3.05, 3.63) is 0 Å². The number of hydrogen-bond acceptors (Lipinski definition) is 2. The fourth-order valence-corrected chi connectivity index (χ4v) is 2.02. The summed E-state index contributed by atoms with van der Waals surface area (Å²) in [6, 6.07) is 0.657. The Kier molecular flexibility index (Phi) is 5.60. The number of nitrogens with one attached hydrogen (secondary N) is 1. The van der Waals surface area contributed by atoms with Crippen LogP contribution in [-0.4, -0.2) is 43.1 Å². The van der Waals surface area contributed by atoms with Crippen molar-refractivity contribution in [3.8, 4) is 0 Å². The third-order valence-corrected chi connectivity index (χ3v) is 3.12. The molecular formula is C12H26N4. The van der Waals surface area contributed by atoms with Gasteiger partial charge in [-0.15, -0.1) is 0 Å². The quantitative estimate of drug-likeness (QED) is 0.544. The molecule has 1 aliphatic heterocycles. The topological polar surface area (TPSA) is 53.6 Å². The lowest BCUT2D eigenvalue weighted by Gasteiger charge is -2.19. The van der Waals surface area contributed by atoms with Crippen molar-refractivity contribution >= 4 is 5.96 Å². The van der Waals surface area contributed by atoms with E-state index in [9.17, 15) is 0 Å². The number of likely N-dealkylation sites (tertiary alicyclic amines) is 1. The van der Waals surface area contributed by atoms with Crippen LogP contribution < -0.4 is 11.1 Å². The molecule has 4 nitrogen and oxygen atoms in total. The molecule has 0 aromatic carbocycles. The Morgan fingerprint density at radius 3 is 2.88 bits per heavy atom. The van der Waals surface area contributed by atoms with Crippen LogP contribution in [0.5, 0.6) is 0 Å². The molecule has 1 fully saturated rings. The van der Waals surface area contributed by atoms with E-state index in [4.69, 9.17) is 5.73 Å². The van der Waals surface area contributed by atoms with Crippen molar-refractivity contribution in [2.45, 2.75) is 39.7 Å². The highest BCUT2D eigenvalue weighted by Gasteiger charge is 2.23. The van der Waals surface area contributed by atoms with Crippen LogP contribution in [-0.2, 0) is 0 Å². The van der Waals surface area contributed by atoms with E-state index >= 15 is 0 Å². The standard InChI is InChI=1S/C12H26N4/c1-4-6-14-12(13)15-8-11-5-7-16(9-11)10(2)3/h10-11H,4-9H2,1-3H3,(H3,13,14,15). The fraction of sp³-hybridized carbons (Fsp3) is 0.917.